The maximum absolute atomic E-state index is 10.8. The van der Waals surface area contributed by atoms with Gasteiger partial charge in [-0.1, -0.05) is 12.8 Å². The Morgan fingerprint density at radius 3 is 2.62 bits per heavy atom. The summed E-state index contributed by atoms with van der Waals surface area (Å²) in [5.74, 6) is -0.0763. The fraction of sp³-hybridized carbons (Fsp3) is 0.818. The van der Waals surface area contributed by atoms with Gasteiger partial charge in [-0.15, -0.1) is 0 Å². The van der Waals surface area contributed by atoms with Crippen molar-refractivity contribution in [3.05, 3.63) is 0 Å². The number of ether oxygens (including phenoxy) is 1. The summed E-state index contributed by atoms with van der Waals surface area (Å²) in [5, 5.41) is 8.90. The summed E-state index contributed by atoms with van der Waals surface area (Å²) in [6, 6.07) is -0.716. The largest absolute Gasteiger partial charge is 0.480 e. The van der Waals surface area contributed by atoms with Gasteiger partial charge in [0, 0.05) is 13.1 Å². The van der Waals surface area contributed by atoms with Crippen LogP contribution in [0.2, 0.25) is 0 Å². The van der Waals surface area contributed by atoms with Crippen LogP contribution >= 0.6 is 0 Å². The second-order valence-electron chi connectivity index (χ2n) is 4.32. The molecule has 0 aromatic rings. The minimum atomic E-state index is -0.896. The average Bonchev–Trinajstić information content (AvgIpc) is 2.57. The van der Waals surface area contributed by atoms with Gasteiger partial charge >= 0.3 is 5.97 Å². The molecule has 2 aliphatic heterocycles. The average molecular weight is 226 g/mol. The first-order valence-corrected chi connectivity index (χ1v) is 5.89. The van der Waals surface area contributed by atoms with Gasteiger partial charge in [0.15, 0.2) is 6.04 Å². The molecule has 1 saturated heterocycles. The summed E-state index contributed by atoms with van der Waals surface area (Å²) in [5.41, 5.74) is 0. The number of nitrogens with zero attached hydrogens (tertiary/aromatic N) is 2. The molecule has 5 heteroatoms. The van der Waals surface area contributed by atoms with Gasteiger partial charge < -0.3 is 14.7 Å². The molecule has 1 fully saturated rings. The van der Waals surface area contributed by atoms with Crippen molar-refractivity contribution in [2.24, 2.45) is 4.99 Å². The Bertz CT molecular complexity index is 283. The molecule has 0 aromatic heterocycles. The molecular formula is C11H18N2O3. The van der Waals surface area contributed by atoms with E-state index in [4.69, 9.17) is 9.84 Å². The summed E-state index contributed by atoms with van der Waals surface area (Å²) in [4.78, 5) is 17.3. The van der Waals surface area contributed by atoms with Crippen LogP contribution in [0.5, 0.6) is 0 Å². The molecule has 2 heterocycles. The Kier molecular flexibility index (Phi) is 3.77. The number of rotatable bonds is 1. The van der Waals surface area contributed by atoms with Crippen LogP contribution < -0.4 is 0 Å². The van der Waals surface area contributed by atoms with E-state index in [0.717, 1.165) is 31.8 Å². The Morgan fingerprint density at radius 2 is 2.00 bits per heavy atom. The minimum Gasteiger partial charge on any atom is -0.480 e. The van der Waals surface area contributed by atoms with Crippen molar-refractivity contribution in [2.75, 3.05) is 26.3 Å². The molecule has 0 amide bonds. The van der Waals surface area contributed by atoms with E-state index in [2.05, 4.69) is 9.89 Å². The lowest BCUT2D eigenvalue weighted by atomic mass is 10.2. The highest BCUT2D eigenvalue weighted by Gasteiger charge is 2.24. The van der Waals surface area contributed by atoms with Gasteiger partial charge in [-0.05, 0) is 12.8 Å². The Balaban J connectivity index is 2.03. The molecule has 1 atom stereocenters. The third-order valence-corrected chi connectivity index (χ3v) is 3.07. The van der Waals surface area contributed by atoms with Gasteiger partial charge in [-0.3, -0.25) is 4.99 Å². The van der Waals surface area contributed by atoms with Crippen LogP contribution in [0.1, 0.15) is 25.7 Å². The molecule has 2 aliphatic rings. The SMILES string of the molecule is O=C(O)C1COCC(N2CCCCCC2)=N1. The third kappa shape index (κ3) is 2.72. The molecule has 0 aliphatic carbocycles. The smallest absolute Gasteiger partial charge is 0.330 e. The minimum absolute atomic E-state index is 0.201. The van der Waals surface area contributed by atoms with E-state index in [1.54, 1.807) is 0 Å². The summed E-state index contributed by atoms with van der Waals surface area (Å²) in [6.45, 7) is 2.62. The van der Waals surface area contributed by atoms with E-state index in [1.807, 2.05) is 0 Å². The number of amidine groups is 1. The van der Waals surface area contributed by atoms with Crippen molar-refractivity contribution in [3.63, 3.8) is 0 Å². The van der Waals surface area contributed by atoms with Crippen LogP contribution in [-0.4, -0.2) is 54.2 Å². The predicted octanol–water partition coefficient (Wildman–Crippen LogP) is 0.744. The number of aliphatic imine (C=N–C) groups is 1. The molecule has 1 N–H and O–H groups in total. The highest BCUT2D eigenvalue weighted by molar-refractivity contribution is 5.87. The zero-order chi connectivity index (χ0) is 11.4. The molecule has 0 radical (unpaired) electrons. The molecule has 0 bridgehead atoms. The van der Waals surface area contributed by atoms with Crippen LogP contribution in [0, 0.1) is 0 Å². The summed E-state index contributed by atoms with van der Waals surface area (Å²) >= 11 is 0. The van der Waals surface area contributed by atoms with E-state index in [1.165, 1.54) is 12.8 Å². The van der Waals surface area contributed by atoms with Crippen molar-refractivity contribution in [3.8, 4) is 0 Å². The van der Waals surface area contributed by atoms with Crippen LogP contribution in [-0.2, 0) is 9.53 Å². The summed E-state index contributed by atoms with van der Waals surface area (Å²) < 4.78 is 5.30. The second-order valence-corrected chi connectivity index (χ2v) is 4.32. The highest BCUT2D eigenvalue weighted by atomic mass is 16.5. The lowest BCUT2D eigenvalue weighted by Crippen LogP contribution is -2.41. The fourth-order valence-electron chi connectivity index (χ4n) is 2.14. The first kappa shape index (κ1) is 11.4. The number of carboxylic acids is 1. The monoisotopic (exact) mass is 226 g/mol. The molecule has 90 valence electrons. The predicted molar refractivity (Wildman–Crippen MR) is 59.7 cm³/mol. The van der Waals surface area contributed by atoms with Crippen molar-refractivity contribution in [1.29, 1.82) is 0 Å². The molecule has 2 rings (SSSR count). The van der Waals surface area contributed by atoms with Crippen LogP contribution in [0.3, 0.4) is 0 Å². The number of hydrogen-bond donors (Lipinski definition) is 1. The van der Waals surface area contributed by atoms with Gasteiger partial charge in [-0.25, -0.2) is 4.79 Å². The van der Waals surface area contributed by atoms with E-state index in [-0.39, 0.29) is 6.61 Å². The van der Waals surface area contributed by atoms with Crippen LogP contribution in [0.15, 0.2) is 4.99 Å². The quantitative estimate of drug-likeness (QED) is 0.716. The molecule has 1 unspecified atom stereocenters. The molecule has 0 aromatic carbocycles. The van der Waals surface area contributed by atoms with E-state index in [0.29, 0.717) is 6.61 Å². The Labute approximate surface area is 95.1 Å². The number of likely N-dealkylation sites (tertiary alicyclic amines) is 1. The van der Waals surface area contributed by atoms with Gasteiger partial charge in [0.25, 0.3) is 0 Å². The number of carbonyl (C=O) groups is 1. The van der Waals surface area contributed by atoms with Crippen LogP contribution in [0.25, 0.3) is 0 Å². The first-order valence-electron chi connectivity index (χ1n) is 5.89. The Hall–Kier alpha value is -1.10. The fourth-order valence-corrected chi connectivity index (χ4v) is 2.14. The lowest BCUT2D eigenvalue weighted by Gasteiger charge is -2.28. The van der Waals surface area contributed by atoms with Crippen molar-refractivity contribution in [1.82, 2.24) is 4.90 Å². The Morgan fingerprint density at radius 1 is 1.31 bits per heavy atom. The van der Waals surface area contributed by atoms with E-state index in [9.17, 15) is 4.79 Å². The lowest BCUT2D eigenvalue weighted by molar-refractivity contribution is -0.140. The number of carboxylic acid groups (broad SMARTS) is 1. The topological polar surface area (TPSA) is 62.1 Å². The molecule has 16 heavy (non-hydrogen) atoms. The summed E-state index contributed by atoms with van der Waals surface area (Å²) in [7, 11) is 0. The maximum atomic E-state index is 10.8. The normalized spacial score (nSPS) is 27.1. The van der Waals surface area contributed by atoms with Gasteiger partial charge in [0.2, 0.25) is 0 Å². The molecule has 5 nitrogen and oxygen atoms in total. The van der Waals surface area contributed by atoms with Gasteiger partial charge in [0.1, 0.15) is 12.4 Å². The van der Waals surface area contributed by atoms with E-state index >= 15 is 0 Å². The number of aliphatic carboxylic acids is 1. The highest BCUT2D eigenvalue weighted by Crippen LogP contribution is 2.13. The molecule has 0 spiro atoms. The third-order valence-electron chi connectivity index (χ3n) is 3.07. The van der Waals surface area contributed by atoms with Crippen molar-refractivity contribution < 1.29 is 14.6 Å². The standard InChI is InChI=1S/C11H18N2O3/c14-11(15)9-7-16-8-10(12-9)13-5-3-1-2-4-6-13/h9H,1-8H2,(H,14,15). The van der Waals surface area contributed by atoms with Crippen molar-refractivity contribution >= 4 is 11.8 Å². The second kappa shape index (κ2) is 5.30. The first-order chi connectivity index (χ1) is 7.77. The van der Waals surface area contributed by atoms with Gasteiger partial charge in [-0.2, -0.15) is 0 Å². The summed E-state index contributed by atoms with van der Waals surface area (Å²) in [6.07, 6.45) is 4.84. The maximum Gasteiger partial charge on any atom is 0.330 e. The van der Waals surface area contributed by atoms with Gasteiger partial charge in [0.05, 0.1) is 6.61 Å². The number of hydrogen-bond acceptors (Lipinski definition) is 4. The zero-order valence-electron chi connectivity index (χ0n) is 9.39. The molecular weight excluding hydrogens is 208 g/mol. The zero-order valence-corrected chi connectivity index (χ0v) is 9.39. The van der Waals surface area contributed by atoms with Crippen molar-refractivity contribution in [2.45, 2.75) is 31.7 Å². The molecule has 0 saturated carbocycles. The van der Waals surface area contributed by atoms with Crippen LogP contribution in [0.4, 0.5) is 0 Å². The van der Waals surface area contributed by atoms with E-state index < -0.39 is 12.0 Å².